The summed E-state index contributed by atoms with van der Waals surface area (Å²) >= 11 is 0. The number of carbonyl (C=O) groups is 1. The van der Waals surface area contributed by atoms with Crippen LogP contribution in [0.5, 0.6) is 5.88 Å². The maximum atomic E-state index is 11.5. The molecule has 1 amide bonds. The summed E-state index contributed by atoms with van der Waals surface area (Å²) in [5.41, 5.74) is -0.181. The fraction of sp³-hybridized carbons (Fsp3) is 0.545. The van der Waals surface area contributed by atoms with E-state index in [4.69, 9.17) is 9.47 Å². The van der Waals surface area contributed by atoms with E-state index in [1.165, 1.54) is 19.0 Å². The highest BCUT2D eigenvalue weighted by Crippen LogP contribution is 2.29. The van der Waals surface area contributed by atoms with Crippen molar-refractivity contribution in [3.63, 3.8) is 0 Å². The van der Waals surface area contributed by atoms with Crippen LogP contribution in [0.15, 0.2) is 11.3 Å². The average Bonchev–Trinajstić information content (AvgIpc) is 2.78. The van der Waals surface area contributed by atoms with Gasteiger partial charge in [-0.1, -0.05) is 0 Å². The molecule has 0 spiro atoms. The van der Waals surface area contributed by atoms with Crippen LogP contribution in [0.4, 0.5) is 0 Å². The van der Waals surface area contributed by atoms with E-state index in [0.29, 0.717) is 17.3 Å². The van der Waals surface area contributed by atoms with Crippen LogP contribution in [-0.2, 0) is 16.6 Å². The second kappa shape index (κ2) is 4.01. The van der Waals surface area contributed by atoms with Crippen molar-refractivity contribution >= 4 is 11.8 Å². The summed E-state index contributed by atoms with van der Waals surface area (Å²) in [4.78, 5) is 11.5. The highest BCUT2D eigenvalue weighted by Gasteiger charge is 2.40. The van der Waals surface area contributed by atoms with Gasteiger partial charge in [-0.25, -0.2) is 0 Å². The van der Waals surface area contributed by atoms with E-state index in [9.17, 15) is 4.79 Å². The molecule has 2 rings (SSSR count). The van der Waals surface area contributed by atoms with E-state index in [2.05, 4.69) is 10.2 Å². The van der Waals surface area contributed by atoms with Crippen LogP contribution >= 0.6 is 0 Å². The predicted molar refractivity (Wildman–Crippen MR) is 64.0 cm³/mol. The second-order valence-corrected chi connectivity index (χ2v) is 4.51. The third-order valence-corrected chi connectivity index (χ3v) is 2.56. The van der Waals surface area contributed by atoms with Crippen molar-refractivity contribution in [3.05, 3.63) is 11.8 Å². The number of methoxy groups -OCH3 is 1. The smallest absolute Gasteiger partial charge is 0.248 e. The molecule has 0 aromatic carbocycles. The summed E-state index contributed by atoms with van der Waals surface area (Å²) in [6.45, 7) is 4.99. The number of aromatic nitrogens is 2. The monoisotopic (exact) mass is 252 g/mol. The van der Waals surface area contributed by atoms with Crippen LogP contribution in [0.3, 0.4) is 0 Å². The van der Waals surface area contributed by atoms with Crippen molar-refractivity contribution < 1.29 is 14.3 Å². The Morgan fingerprint density at radius 2 is 2.17 bits per heavy atom. The first-order chi connectivity index (χ1) is 8.35. The van der Waals surface area contributed by atoms with Crippen LogP contribution in [0.2, 0.25) is 0 Å². The van der Waals surface area contributed by atoms with Gasteiger partial charge < -0.3 is 9.47 Å². The summed E-state index contributed by atoms with van der Waals surface area (Å²) in [6, 6.07) is 0. The Morgan fingerprint density at radius 1 is 1.50 bits per heavy atom. The number of amides is 1. The molecule has 0 atom stereocenters. The molecule has 18 heavy (non-hydrogen) atoms. The van der Waals surface area contributed by atoms with E-state index in [0.717, 1.165) is 0 Å². The van der Waals surface area contributed by atoms with Gasteiger partial charge in [0.1, 0.15) is 5.56 Å². The molecule has 1 aromatic heterocycles. The first-order valence-corrected chi connectivity index (χ1v) is 5.51. The molecule has 0 saturated carbocycles. The molecule has 1 aromatic rings. The summed E-state index contributed by atoms with van der Waals surface area (Å²) < 4.78 is 12.4. The summed E-state index contributed by atoms with van der Waals surface area (Å²) in [5, 5.41) is 9.60. The molecule has 98 valence electrons. The lowest BCUT2D eigenvalue weighted by atomic mass is 10.3. The maximum Gasteiger partial charge on any atom is 0.248 e. The van der Waals surface area contributed by atoms with Gasteiger partial charge in [0.2, 0.25) is 23.4 Å². The standard InChI is InChI=1S/C11H16N4O3/c1-7(16)15-11(2,3)18-10(13-15)8-6-14(4)12-9(8)17-5/h6H,1-5H3. The molecule has 7 nitrogen and oxygen atoms in total. The minimum atomic E-state index is -0.804. The fourth-order valence-electron chi connectivity index (χ4n) is 1.84. The first-order valence-electron chi connectivity index (χ1n) is 5.51. The maximum absolute atomic E-state index is 11.5. The number of ether oxygens (including phenoxy) is 2. The number of aryl methyl sites for hydroxylation is 1. The Hall–Kier alpha value is -2.05. The van der Waals surface area contributed by atoms with E-state index in [-0.39, 0.29) is 5.91 Å². The number of hydrogen-bond acceptors (Lipinski definition) is 5. The lowest BCUT2D eigenvalue weighted by molar-refractivity contribution is -0.142. The molecule has 0 unspecified atom stereocenters. The molecule has 1 aliphatic heterocycles. The highest BCUT2D eigenvalue weighted by atomic mass is 16.6. The highest BCUT2D eigenvalue weighted by molar-refractivity contribution is 5.98. The fourth-order valence-corrected chi connectivity index (χ4v) is 1.84. The summed E-state index contributed by atoms with van der Waals surface area (Å²) in [6.07, 6.45) is 1.73. The third kappa shape index (κ3) is 1.92. The van der Waals surface area contributed by atoms with Crippen molar-refractivity contribution in [2.75, 3.05) is 7.11 Å². The third-order valence-electron chi connectivity index (χ3n) is 2.56. The van der Waals surface area contributed by atoms with Gasteiger partial charge in [0.25, 0.3) is 0 Å². The van der Waals surface area contributed by atoms with Crippen molar-refractivity contribution in [2.24, 2.45) is 12.1 Å². The minimum absolute atomic E-state index is 0.183. The van der Waals surface area contributed by atoms with Crippen LogP contribution in [-0.4, -0.2) is 39.4 Å². The molecule has 0 N–H and O–H groups in total. The normalized spacial score (nSPS) is 17.4. The van der Waals surface area contributed by atoms with Gasteiger partial charge >= 0.3 is 0 Å². The average molecular weight is 252 g/mol. The number of carbonyl (C=O) groups excluding carboxylic acids is 1. The lowest BCUT2D eigenvalue weighted by Gasteiger charge is -2.25. The summed E-state index contributed by atoms with van der Waals surface area (Å²) in [5.74, 6) is 0.565. The van der Waals surface area contributed by atoms with Gasteiger partial charge in [-0.15, -0.1) is 10.2 Å². The van der Waals surface area contributed by atoms with Gasteiger partial charge in [-0.3, -0.25) is 9.48 Å². The van der Waals surface area contributed by atoms with E-state index in [1.54, 1.807) is 31.8 Å². The topological polar surface area (TPSA) is 69.0 Å². The quantitative estimate of drug-likeness (QED) is 0.777. The first kappa shape index (κ1) is 12.4. The van der Waals surface area contributed by atoms with Crippen molar-refractivity contribution in [1.29, 1.82) is 0 Å². The van der Waals surface area contributed by atoms with Gasteiger partial charge in [-0.2, -0.15) is 5.01 Å². The van der Waals surface area contributed by atoms with Crippen molar-refractivity contribution in [3.8, 4) is 5.88 Å². The molecular formula is C11H16N4O3. The van der Waals surface area contributed by atoms with Crippen LogP contribution < -0.4 is 4.74 Å². The lowest BCUT2D eigenvalue weighted by Crippen LogP contribution is -2.41. The molecular weight excluding hydrogens is 236 g/mol. The number of hydrazone groups is 1. The predicted octanol–water partition coefficient (Wildman–Crippen LogP) is 0.705. The Labute approximate surface area is 105 Å². The van der Waals surface area contributed by atoms with Gasteiger partial charge in [-0.05, 0) is 13.8 Å². The van der Waals surface area contributed by atoms with Gasteiger partial charge in [0, 0.05) is 20.2 Å². The van der Waals surface area contributed by atoms with E-state index in [1.807, 2.05) is 0 Å². The zero-order valence-electron chi connectivity index (χ0n) is 11.1. The minimum Gasteiger partial charge on any atom is -0.479 e. The van der Waals surface area contributed by atoms with Crippen LogP contribution in [0.25, 0.3) is 0 Å². The molecule has 0 bridgehead atoms. The molecule has 2 heterocycles. The Morgan fingerprint density at radius 3 is 2.67 bits per heavy atom. The van der Waals surface area contributed by atoms with E-state index >= 15 is 0 Å². The Bertz CT molecular complexity index is 518. The Balaban J connectivity index is 2.41. The van der Waals surface area contributed by atoms with Gasteiger partial charge in [0.15, 0.2) is 0 Å². The molecule has 0 radical (unpaired) electrons. The van der Waals surface area contributed by atoms with Crippen molar-refractivity contribution in [2.45, 2.75) is 26.5 Å². The molecule has 0 saturated heterocycles. The summed E-state index contributed by atoms with van der Waals surface area (Å²) in [7, 11) is 3.30. The molecule has 0 aliphatic carbocycles. The van der Waals surface area contributed by atoms with Crippen molar-refractivity contribution in [1.82, 2.24) is 14.8 Å². The number of nitrogens with zero attached hydrogens (tertiary/aromatic N) is 4. The Kier molecular flexibility index (Phi) is 2.76. The largest absolute Gasteiger partial charge is 0.479 e. The van der Waals surface area contributed by atoms with Crippen LogP contribution in [0.1, 0.15) is 26.3 Å². The molecule has 0 fully saturated rings. The van der Waals surface area contributed by atoms with E-state index < -0.39 is 5.72 Å². The SMILES string of the molecule is COc1nn(C)cc1C1=NN(C(C)=O)C(C)(C)O1. The number of rotatable bonds is 2. The molecule has 1 aliphatic rings. The van der Waals surface area contributed by atoms with Gasteiger partial charge in [0.05, 0.1) is 7.11 Å². The zero-order valence-corrected chi connectivity index (χ0v) is 11.1. The van der Waals surface area contributed by atoms with Crippen LogP contribution in [0, 0.1) is 0 Å². The second-order valence-electron chi connectivity index (χ2n) is 4.51. The number of hydrogen-bond donors (Lipinski definition) is 0. The molecule has 7 heteroatoms. The zero-order chi connectivity index (χ0) is 13.5.